The van der Waals surface area contributed by atoms with Crippen LogP contribution in [0.1, 0.15) is 54.7 Å². The number of halogens is 4. The number of nitrogens with zero attached hydrogens (tertiary/aromatic N) is 4. The Kier molecular flexibility index (Phi) is 6.15. The number of piperidine rings is 1. The first-order chi connectivity index (χ1) is 16.6. The molecule has 3 heterocycles. The Labute approximate surface area is 206 Å². The molecular weight excluding hydrogens is 481 g/mol. The van der Waals surface area contributed by atoms with Gasteiger partial charge in [-0.2, -0.15) is 0 Å². The van der Waals surface area contributed by atoms with E-state index in [0.717, 1.165) is 50.9 Å². The lowest BCUT2D eigenvalue weighted by atomic mass is 9.56. The SMILES string of the molecule is Cc1nc2ncc(Cl)cn2c1C(=O)CCC1CC2(CCN(c3ccc(OC(F)(F)F)cc3)CC2)C1. The molecule has 6 nitrogen and oxygen atoms in total. The van der Waals surface area contributed by atoms with Crippen molar-refractivity contribution in [3.05, 3.63) is 53.1 Å². The molecule has 10 heteroatoms. The fourth-order valence-corrected chi connectivity index (χ4v) is 5.83. The Balaban J connectivity index is 1.11. The predicted octanol–water partition coefficient (Wildman–Crippen LogP) is 6.25. The van der Waals surface area contributed by atoms with Crippen molar-refractivity contribution < 1.29 is 22.7 Å². The first-order valence-electron chi connectivity index (χ1n) is 11.8. The summed E-state index contributed by atoms with van der Waals surface area (Å²) in [6, 6.07) is 6.08. The standard InChI is InChI=1S/C25H26ClF3N4O2/c1-16-22(33-15-18(26)14-30-23(33)31-16)21(34)7-2-17-12-24(13-17)8-10-32(11-9-24)19-3-5-20(6-4-19)35-25(27,28)29/h3-6,14-15,17H,2,7-13H2,1H3. The van der Waals surface area contributed by atoms with Gasteiger partial charge in [0.25, 0.3) is 0 Å². The van der Waals surface area contributed by atoms with Crippen LogP contribution in [0.2, 0.25) is 5.02 Å². The number of ketones is 1. The maximum Gasteiger partial charge on any atom is 0.573 e. The number of alkyl halides is 3. The van der Waals surface area contributed by atoms with Gasteiger partial charge in [0.15, 0.2) is 5.78 Å². The second kappa shape index (κ2) is 9.00. The van der Waals surface area contributed by atoms with Gasteiger partial charge in [-0.15, -0.1) is 13.2 Å². The fraction of sp³-hybridized carbons (Fsp3) is 0.480. The normalized spacial score (nSPS) is 18.1. The maximum absolute atomic E-state index is 13.0. The summed E-state index contributed by atoms with van der Waals surface area (Å²) in [5.41, 5.74) is 2.46. The molecule has 5 rings (SSSR count). The number of rotatable bonds is 6. The number of imidazole rings is 1. The molecule has 1 aliphatic carbocycles. The number of aryl methyl sites for hydroxylation is 1. The van der Waals surface area contributed by atoms with Crippen LogP contribution in [0.4, 0.5) is 18.9 Å². The monoisotopic (exact) mass is 506 g/mol. The van der Waals surface area contributed by atoms with Crippen LogP contribution < -0.4 is 9.64 Å². The summed E-state index contributed by atoms with van der Waals surface area (Å²) < 4.78 is 42.7. The first-order valence-corrected chi connectivity index (χ1v) is 12.1. The van der Waals surface area contributed by atoms with Crippen molar-refractivity contribution in [2.24, 2.45) is 11.3 Å². The summed E-state index contributed by atoms with van der Waals surface area (Å²) >= 11 is 6.05. The van der Waals surface area contributed by atoms with Crippen LogP contribution in [-0.2, 0) is 0 Å². The largest absolute Gasteiger partial charge is 0.573 e. The highest BCUT2D eigenvalue weighted by Gasteiger charge is 2.45. The van der Waals surface area contributed by atoms with Crippen LogP contribution in [0.3, 0.4) is 0 Å². The Hall–Kier alpha value is -2.81. The number of hydrogen-bond donors (Lipinski definition) is 0. The van der Waals surface area contributed by atoms with Crippen molar-refractivity contribution >= 4 is 28.8 Å². The third kappa shape index (κ3) is 5.10. The molecule has 1 saturated carbocycles. The van der Waals surface area contributed by atoms with Crippen molar-refractivity contribution in [3.8, 4) is 5.75 Å². The molecule has 186 valence electrons. The van der Waals surface area contributed by atoms with Crippen LogP contribution in [0, 0.1) is 18.3 Å². The maximum atomic E-state index is 13.0. The number of carbonyl (C=O) groups excluding carboxylic acids is 1. The number of hydrogen-bond acceptors (Lipinski definition) is 5. The van der Waals surface area contributed by atoms with Gasteiger partial charge < -0.3 is 9.64 Å². The van der Waals surface area contributed by atoms with E-state index in [1.54, 1.807) is 22.7 Å². The smallest absolute Gasteiger partial charge is 0.406 e. The Morgan fingerprint density at radius 2 is 1.89 bits per heavy atom. The molecule has 0 amide bonds. The molecule has 3 aromatic rings. The highest BCUT2D eigenvalue weighted by Crippen LogP contribution is 2.54. The topological polar surface area (TPSA) is 59.7 Å². The minimum atomic E-state index is -4.68. The van der Waals surface area contributed by atoms with Gasteiger partial charge in [-0.3, -0.25) is 9.20 Å². The van der Waals surface area contributed by atoms with E-state index in [9.17, 15) is 18.0 Å². The number of anilines is 1. The van der Waals surface area contributed by atoms with Crippen molar-refractivity contribution in [1.82, 2.24) is 14.4 Å². The van der Waals surface area contributed by atoms with Gasteiger partial charge in [0, 0.05) is 31.4 Å². The third-order valence-electron chi connectivity index (χ3n) is 7.37. The molecule has 2 fully saturated rings. The quantitative estimate of drug-likeness (QED) is 0.370. The van der Waals surface area contributed by atoms with Crippen LogP contribution in [0.5, 0.6) is 5.75 Å². The van der Waals surface area contributed by atoms with E-state index < -0.39 is 6.36 Å². The van der Waals surface area contributed by atoms with Crippen molar-refractivity contribution in [3.63, 3.8) is 0 Å². The average Bonchev–Trinajstić information content (AvgIpc) is 3.11. The van der Waals surface area contributed by atoms with Crippen molar-refractivity contribution in [2.75, 3.05) is 18.0 Å². The number of fused-ring (bicyclic) bond motifs is 1. The van der Waals surface area contributed by atoms with Crippen LogP contribution in [0.25, 0.3) is 5.78 Å². The second-order valence-electron chi connectivity index (χ2n) is 9.75. The number of aromatic nitrogens is 3. The van der Waals surface area contributed by atoms with Crippen molar-refractivity contribution in [2.45, 2.75) is 51.8 Å². The zero-order valence-corrected chi connectivity index (χ0v) is 20.1. The summed E-state index contributed by atoms with van der Waals surface area (Å²) in [7, 11) is 0. The van der Waals surface area contributed by atoms with Gasteiger partial charge >= 0.3 is 6.36 Å². The van der Waals surface area contributed by atoms with E-state index in [2.05, 4.69) is 19.6 Å². The van der Waals surface area contributed by atoms with E-state index in [1.807, 2.05) is 6.92 Å². The lowest BCUT2D eigenvalue weighted by molar-refractivity contribution is -0.274. The molecule has 2 aromatic heterocycles. The van der Waals surface area contributed by atoms with Gasteiger partial charge in [-0.05, 0) is 74.6 Å². The molecule has 0 bridgehead atoms. The Bertz CT molecular complexity index is 1230. The fourth-order valence-electron chi connectivity index (χ4n) is 5.69. The van der Waals surface area contributed by atoms with Crippen LogP contribution in [-0.4, -0.2) is 39.6 Å². The van der Waals surface area contributed by atoms with E-state index in [0.29, 0.717) is 39.9 Å². The van der Waals surface area contributed by atoms with Gasteiger partial charge in [-0.1, -0.05) is 11.6 Å². The molecule has 0 radical (unpaired) electrons. The van der Waals surface area contributed by atoms with Crippen molar-refractivity contribution in [1.29, 1.82) is 0 Å². The molecule has 1 spiro atoms. The minimum Gasteiger partial charge on any atom is -0.406 e. The zero-order valence-electron chi connectivity index (χ0n) is 19.3. The number of benzene rings is 1. The Morgan fingerprint density at radius 3 is 2.54 bits per heavy atom. The predicted molar refractivity (Wildman–Crippen MR) is 126 cm³/mol. The molecule has 1 aromatic carbocycles. The minimum absolute atomic E-state index is 0.0628. The first kappa shape index (κ1) is 23.9. The summed E-state index contributed by atoms with van der Waals surface area (Å²) in [6.07, 6.45) is 4.18. The summed E-state index contributed by atoms with van der Waals surface area (Å²) in [6.45, 7) is 3.57. The number of Topliss-reactive ketones (excluding diaryl/α,β-unsaturated/α-hetero) is 1. The summed E-state index contributed by atoms with van der Waals surface area (Å²) in [4.78, 5) is 23.7. The highest BCUT2D eigenvalue weighted by molar-refractivity contribution is 6.30. The molecule has 35 heavy (non-hydrogen) atoms. The highest BCUT2D eigenvalue weighted by atomic mass is 35.5. The van der Waals surface area contributed by atoms with Gasteiger partial charge in [0.2, 0.25) is 5.78 Å². The van der Waals surface area contributed by atoms with Gasteiger partial charge in [-0.25, -0.2) is 9.97 Å². The molecule has 0 N–H and O–H groups in total. The zero-order chi connectivity index (χ0) is 24.8. The third-order valence-corrected chi connectivity index (χ3v) is 7.56. The van der Waals surface area contributed by atoms with E-state index in [-0.39, 0.29) is 11.5 Å². The average molecular weight is 507 g/mol. The number of ether oxygens (including phenoxy) is 1. The lowest BCUT2D eigenvalue weighted by Gasteiger charge is -2.53. The summed E-state index contributed by atoms with van der Waals surface area (Å²) in [5.74, 6) is 0.870. The van der Waals surface area contributed by atoms with Gasteiger partial charge in [0.05, 0.1) is 16.9 Å². The van der Waals surface area contributed by atoms with Crippen LogP contribution in [0.15, 0.2) is 36.7 Å². The molecular formula is C25H26ClF3N4O2. The molecule has 1 aliphatic heterocycles. The van der Waals surface area contributed by atoms with Crippen LogP contribution >= 0.6 is 11.6 Å². The second-order valence-corrected chi connectivity index (χ2v) is 10.2. The van der Waals surface area contributed by atoms with E-state index >= 15 is 0 Å². The summed E-state index contributed by atoms with van der Waals surface area (Å²) in [5, 5.41) is 0.460. The molecule has 1 saturated heterocycles. The molecule has 0 atom stereocenters. The Morgan fingerprint density at radius 1 is 1.20 bits per heavy atom. The molecule has 0 unspecified atom stereocenters. The number of carbonyl (C=O) groups is 1. The van der Waals surface area contributed by atoms with Gasteiger partial charge in [0.1, 0.15) is 11.4 Å². The lowest BCUT2D eigenvalue weighted by Crippen LogP contribution is -2.47. The van der Waals surface area contributed by atoms with E-state index in [4.69, 9.17) is 11.6 Å². The molecule has 2 aliphatic rings. The van der Waals surface area contributed by atoms with E-state index in [1.165, 1.54) is 18.3 Å².